The van der Waals surface area contributed by atoms with Crippen molar-refractivity contribution in [2.45, 2.75) is 25.7 Å². The predicted molar refractivity (Wildman–Crippen MR) is 47.5 cm³/mol. The molecule has 2 rings (SSSR count). The summed E-state index contributed by atoms with van der Waals surface area (Å²) in [5.74, 6) is 1.61. The quantitative estimate of drug-likeness (QED) is 0.667. The molecule has 0 aromatic carbocycles. The van der Waals surface area contributed by atoms with E-state index in [1.807, 2.05) is 19.1 Å². The molecule has 1 fully saturated rings. The van der Waals surface area contributed by atoms with Crippen molar-refractivity contribution in [3.63, 3.8) is 0 Å². The molecule has 0 radical (unpaired) electrons. The van der Waals surface area contributed by atoms with Gasteiger partial charge in [-0.3, -0.25) is 4.98 Å². The van der Waals surface area contributed by atoms with Gasteiger partial charge in [0.1, 0.15) is 5.75 Å². The topological polar surface area (TPSA) is 22.1 Å². The fourth-order valence-corrected chi connectivity index (χ4v) is 1.39. The highest BCUT2D eigenvalue weighted by molar-refractivity contribution is 5.34. The van der Waals surface area contributed by atoms with Crippen molar-refractivity contribution in [2.24, 2.45) is 0 Å². The van der Waals surface area contributed by atoms with Gasteiger partial charge in [0.25, 0.3) is 0 Å². The second kappa shape index (κ2) is 2.77. The van der Waals surface area contributed by atoms with Crippen molar-refractivity contribution < 1.29 is 4.74 Å². The lowest BCUT2D eigenvalue weighted by molar-refractivity contribution is 0.406. The summed E-state index contributed by atoms with van der Waals surface area (Å²) < 4.78 is 5.24. The van der Waals surface area contributed by atoms with Crippen molar-refractivity contribution in [2.75, 3.05) is 7.11 Å². The van der Waals surface area contributed by atoms with Gasteiger partial charge in [0.05, 0.1) is 12.8 Å². The van der Waals surface area contributed by atoms with Crippen LogP contribution in [-0.4, -0.2) is 12.1 Å². The third-order valence-corrected chi connectivity index (χ3v) is 2.21. The monoisotopic (exact) mass is 163 g/mol. The highest BCUT2D eigenvalue weighted by Crippen LogP contribution is 2.42. The van der Waals surface area contributed by atoms with E-state index >= 15 is 0 Å². The Labute approximate surface area is 72.6 Å². The summed E-state index contributed by atoms with van der Waals surface area (Å²) >= 11 is 0. The average Bonchev–Trinajstić information content (AvgIpc) is 2.87. The van der Waals surface area contributed by atoms with Gasteiger partial charge in [-0.15, -0.1) is 0 Å². The number of pyridine rings is 1. The van der Waals surface area contributed by atoms with Crippen LogP contribution in [0.3, 0.4) is 0 Å². The summed E-state index contributed by atoms with van der Waals surface area (Å²) in [6.07, 6.45) is 2.54. The Morgan fingerprint density at radius 2 is 2.17 bits per heavy atom. The fourth-order valence-electron chi connectivity index (χ4n) is 1.39. The molecule has 0 saturated heterocycles. The zero-order valence-electron chi connectivity index (χ0n) is 7.50. The Morgan fingerprint density at radius 3 is 2.75 bits per heavy atom. The van der Waals surface area contributed by atoms with Gasteiger partial charge in [-0.05, 0) is 31.9 Å². The van der Waals surface area contributed by atoms with E-state index in [0.29, 0.717) is 5.92 Å². The van der Waals surface area contributed by atoms with E-state index in [4.69, 9.17) is 4.74 Å². The first-order chi connectivity index (χ1) is 5.81. The molecule has 0 spiro atoms. The highest BCUT2D eigenvalue weighted by atomic mass is 16.5. The van der Waals surface area contributed by atoms with E-state index in [1.165, 1.54) is 12.8 Å². The van der Waals surface area contributed by atoms with E-state index < -0.39 is 0 Å². The molecular weight excluding hydrogens is 150 g/mol. The predicted octanol–water partition coefficient (Wildman–Crippen LogP) is 2.28. The number of hydrogen-bond donors (Lipinski definition) is 0. The molecule has 0 aliphatic heterocycles. The molecule has 2 nitrogen and oxygen atoms in total. The third-order valence-electron chi connectivity index (χ3n) is 2.21. The zero-order valence-corrected chi connectivity index (χ0v) is 7.50. The minimum Gasteiger partial charge on any atom is -0.495 e. The van der Waals surface area contributed by atoms with Crippen LogP contribution in [0.4, 0.5) is 0 Å². The van der Waals surface area contributed by atoms with Gasteiger partial charge in [-0.25, -0.2) is 0 Å². The maximum absolute atomic E-state index is 5.24. The molecule has 0 N–H and O–H groups in total. The van der Waals surface area contributed by atoms with Gasteiger partial charge in [0.15, 0.2) is 0 Å². The summed E-state index contributed by atoms with van der Waals surface area (Å²) in [6.45, 7) is 2.02. The molecule has 64 valence electrons. The Kier molecular flexibility index (Phi) is 1.75. The third kappa shape index (κ3) is 1.29. The maximum atomic E-state index is 5.24. The summed E-state index contributed by atoms with van der Waals surface area (Å²) in [7, 11) is 1.71. The van der Waals surface area contributed by atoms with Crippen LogP contribution in [0.2, 0.25) is 0 Å². The summed E-state index contributed by atoms with van der Waals surface area (Å²) in [6, 6.07) is 4.00. The Balaban J connectivity index is 2.39. The first kappa shape index (κ1) is 7.59. The van der Waals surface area contributed by atoms with Crippen molar-refractivity contribution >= 4 is 0 Å². The standard InChI is InChI=1S/C10H13NO/c1-7-3-6-9(12-2)10(11-7)8-4-5-8/h3,6,8H,4-5H2,1-2H3. The normalized spacial score (nSPS) is 16.2. The van der Waals surface area contributed by atoms with Crippen LogP contribution in [-0.2, 0) is 0 Å². The molecule has 1 aromatic rings. The number of methoxy groups -OCH3 is 1. The van der Waals surface area contributed by atoms with E-state index in [9.17, 15) is 0 Å². The van der Waals surface area contributed by atoms with Crippen molar-refractivity contribution in [3.8, 4) is 5.75 Å². The average molecular weight is 163 g/mol. The smallest absolute Gasteiger partial charge is 0.140 e. The molecule has 2 heteroatoms. The Hall–Kier alpha value is -1.05. The minimum atomic E-state index is 0.667. The molecule has 1 saturated carbocycles. The maximum Gasteiger partial charge on any atom is 0.140 e. The summed E-state index contributed by atoms with van der Waals surface area (Å²) in [5, 5.41) is 0. The van der Waals surface area contributed by atoms with Crippen molar-refractivity contribution in [1.82, 2.24) is 4.98 Å². The molecular formula is C10H13NO. The van der Waals surface area contributed by atoms with Gasteiger partial charge in [0, 0.05) is 11.6 Å². The molecule has 0 bridgehead atoms. The number of aromatic nitrogens is 1. The number of aryl methyl sites for hydroxylation is 1. The van der Waals surface area contributed by atoms with Gasteiger partial charge < -0.3 is 4.74 Å². The first-order valence-corrected chi connectivity index (χ1v) is 4.33. The molecule has 0 atom stereocenters. The molecule has 0 unspecified atom stereocenters. The number of ether oxygens (including phenoxy) is 1. The van der Waals surface area contributed by atoms with Crippen LogP contribution in [0.25, 0.3) is 0 Å². The molecule has 1 heterocycles. The van der Waals surface area contributed by atoms with Crippen LogP contribution in [0.5, 0.6) is 5.75 Å². The van der Waals surface area contributed by atoms with E-state index in [-0.39, 0.29) is 0 Å². The molecule has 1 aromatic heterocycles. The van der Waals surface area contributed by atoms with Gasteiger partial charge >= 0.3 is 0 Å². The molecule has 1 aliphatic carbocycles. The molecule has 1 aliphatic rings. The summed E-state index contributed by atoms with van der Waals surface area (Å²) in [4.78, 5) is 4.48. The first-order valence-electron chi connectivity index (χ1n) is 4.33. The number of hydrogen-bond acceptors (Lipinski definition) is 2. The fraction of sp³-hybridized carbons (Fsp3) is 0.500. The van der Waals surface area contributed by atoms with E-state index in [1.54, 1.807) is 7.11 Å². The van der Waals surface area contributed by atoms with Gasteiger partial charge in [-0.1, -0.05) is 0 Å². The second-order valence-electron chi connectivity index (χ2n) is 3.31. The van der Waals surface area contributed by atoms with Crippen molar-refractivity contribution in [3.05, 3.63) is 23.5 Å². The van der Waals surface area contributed by atoms with Crippen LogP contribution >= 0.6 is 0 Å². The zero-order chi connectivity index (χ0) is 8.55. The van der Waals surface area contributed by atoms with Crippen LogP contribution < -0.4 is 4.74 Å². The largest absolute Gasteiger partial charge is 0.495 e. The van der Waals surface area contributed by atoms with Gasteiger partial charge in [-0.2, -0.15) is 0 Å². The van der Waals surface area contributed by atoms with E-state index in [0.717, 1.165) is 17.1 Å². The van der Waals surface area contributed by atoms with Crippen LogP contribution in [0.1, 0.15) is 30.1 Å². The minimum absolute atomic E-state index is 0.667. The van der Waals surface area contributed by atoms with Crippen LogP contribution in [0, 0.1) is 6.92 Å². The Morgan fingerprint density at radius 1 is 1.42 bits per heavy atom. The van der Waals surface area contributed by atoms with Crippen molar-refractivity contribution in [1.29, 1.82) is 0 Å². The number of rotatable bonds is 2. The van der Waals surface area contributed by atoms with Crippen LogP contribution in [0.15, 0.2) is 12.1 Å². The van der Waals surface area contributed by atoms with E-state index in [2.05, 4.69) is 4.98 Å². The highest BCUT2D eigenvalue weighted by Gasteiger charge is 2.28. The Bertz CT molecular complexity index is 292. The number of nitrogens with zero attached hydrogens (tertiary/aromatic N) is 1. The lowest BCUT2D eigenvalue weighted by Gasteiger charge is -2.06. The summed E-state index contributed by atoms with van der Waals surface area (Å²) in [5.41, 5.74) is 2.23. The second-order valence-corrected chi connectivity index (χ2v) is 3.31. The molecule has 0 amide bonds. The van der Waals surface area contributed by atoms with Gasteiger partial charge in [0.2, 0.25) is 0 Å². The lowest BCUT2D eigenvalue weighted by Crippen LogP contribution is -1.95. The SMILES string of the molecule is COc1ccc(C)nc1C1CC1. The lowest BCUT2D eigenvalue weighted by atomic mass is 10.2. The molecule has 12 heavy (non-hydrogen) atoms.